The zero-order chi connectivity index (χ0) is 26.5. The maximum atomic E-state index is 14.7. The van der Waals surface area contributed by atoms with E-state index in [1.165, 1.54) is 6.07 Å². The molecule has 4 rings (SSSR count). The van der Waals surface area contributed by atoms with Crippen LogP contribution in [0, 0.1) is 5.82 Å². The highest BCUT2D eigenvalue weighted by Gasteiger charge is 2.38. The number of hydrogen-bond donors (Lipinski definition) is 2. The molecule has 1 fully saturated rings. The van der Waals surface area contributed by atoms with Crippen molar-refractivity contribution >= 4 is 0 Å². The number of rotatable bonds is 10. The summed E-state index contributed by atoms with van der Waals surface area (Å²) < 4.78 is 55.9. The first-order valence-corrected chi connectivity index (χ1v) is 12.6. The lowest BCUT2D eigenvalue weighted by Crippen LogP contribution is -2.47. The summed E-state index contributed by atoms with van der Waals surface area (Å²) in [7, 11) is 0. The molecule has 1 aliphatic carbocycles. The summed E-state index contributed by atoms with van der Waals surface area (Å²) >= 11 is 0. The molecule has 0 aromatic heterocycles. The van der Waals surface area contributed by atoms with Crippen LogP contribution >= 0.6 is 0 Å². The van der Waals surface area contributed by atoms with Crippen molar-refractivity contribution in [3.8, 4) is 11.1 Å². The Labute approximate surface area is 216 Å². The molecule has 0 amide bonds. The zero-order valence-electron chi connectivity index (χ0n) is 20.8. The molecule has 0 bridgehead atoms. The highest BCUT2D eigenvalue weighted by molar-refractivity contribution is 5.64. The van der Waals surface area contributed by atoms with Gasteiger partial charge in [0.2, 0.25) is 0 Å². The number of alkyl halides is 3. The Hall–Kier alpha value is -3.54. The summed E-state index contributed by atoms with van der Waals surface area (Å²) in [5.41, 5.74) is 0.693. The van der Waals surface area contributed by atoms with Crippen molar-refractivity contribution in [1.29, 1.82) is 0 Å². The first kappa shape index (κ1) is 26.5. The number of nitrogens with one attached hydrogen (secondary N) is 2. The summed E-state index contributed by atoms with van der Waals surface area (Å²) in [4.78, 5) is 0. The molecule has 3 aromatic carbocycles. The second-order valence-electron chi connectivity index (χ2n) is 9.63. The van der Waals surface area contributed by atoms with Crippen LogP contribution in [0.1, 0.15) is 55.2 Å². The van der Waals surface area contributed by atoms with Crippen molar-refractivity contribution in [2.24, 2.45) is 0 Å². The Kier molecular flexibility index (Phi) is 8.06. The minimum absolute atomic E-state index is 0.184. The van der Waals surface area contributed by atoms with Crippen molar-refractivity contribution in [3.63, 3.8) is 0 Å². The Bertz CT molecular complexity index is 1210. The molecule has 2 N–H and O–H groups in total. The van der Waals surface area contributed by atoms with E-state index in [0.717, 1.165) is 42.9 Å². The lowest BCUT2D eigenvalue weighted by Gasteiger charge is -2.39. The van der Waals surface area contributed by atoms with Crippen LogP contribution in [0.2, 0.25) is 0 Å². The van der Waals surface area contributed by atoms with E-state index in [9.17, 15) is 17.6 Å². The van der Waals surface area contributed by atoms with Crippen LogP contribution < -0.4 is 10.6 Å². The smallest absolute Gasteiger partial charge is 0.370 e. The van der Waals surface area contributed by atoms with Gasteiger partial charge in [0.1, 0.15) is 5.82 Å². The van der Waals surface area contributed by atoms with E-state index in [0.29, 0.717) is 30.3 Å². The molecule has 1 saturated carbocycles. The third-order valence-corrected chi connectivity index (χ3v) is 7.02. The third-order valence-electron chi connectivity index (χ3n) is 7.02. The van der Waals surface area contributed by atoms with Crippen molar-refractivity contribution in [2.45, 2.75) is 56.3 Å². The summed E-state index contributed by atoms with van der Waals surface area (Å²) in [6.45, 7) is 7.98. The molecule has 37 heavy (non-hydrogen) atoms. The number of hydrogen-bond acceptors (Lipinski definition) is 2. The van der Waals surface area contributed by atoms with Gasteiger partial charge in [-0.2, -0.15) is 13.2 Å². The van der Waals surface area contributed by atoms with E-state index in [4.69, 9.17) is 0 Å². The maximum absolute atomic E-state index is 14.7. The van der Waals surface area contributed by atoms with E-state index in [-0.39, 0.29) is 11.6 Å². The fourth-order valence-corrected chi connectivity index (χ4v) is 5.17. The number of halogens is 4. The highest BCUT2D eigenvalue weighted by atomic mass is 19.4. The molecule has 0 aliphatic heterocycles. The zero-order valence-corrected chi connectivity index (χ0v) is 20.8. The first-order valence-electron chi connectivity index (χ1n) is 12.6. The standard InChI is InChI=1S/C31H32F4N2/c1-3-4-18-30(37-22(2)36-29-12-8-9-13-29,26-19-27(31(33,34)35)21-28(32)20-26)25-16-14-24(15-17-25)23-10-6-5-7-11-23/h3,5-7,10-11,14-17,19-21,29,36-37H,1-2,4,8-9,12-13,18H2. The molecule has 1 aliphatic rings. The van der Waals surface area contributed by atoms with Gasteiger partial charge in [0, 0.05) is 6.04 Å². The number of allylic oxidation sites excluding steroid dienone is 1. The van der Waals surface area contributed by atoms with E-state index >= 15 is 0 Å². The van der Waals surface area contributed by atoms with E-state index in [2.05, 4.69) is 23.8 Å². The van der Waals surface area contributed by atoms with Crippen LogP contribution in [0.4, 0.5) is 17.6 Å². The Morgan fingerprint density at radius 2 is 1.49 bits per heavy atom. The molecular formula is C31H32F4N2. The van der Waals surface area contributed by atoms with Gasteiger partial charge in [-0.1, -0.05) is 80.1 Å². The van der Waals surface area contributed by atoms with Gasteiger partial charge < -0.3 is 10.6 Å². The van der Waals surface area contributed by atoms with Gasteiger partial charge in [-0.3, -0.25) is 0 Å². The summed E-state index contributed by atoms with van der Waals surface area (Å²) in [5, 5.41) is 6.80. The van der Waals surface area contributed by atoms with Crippen molar-refractivity contribution < 1.29 is 17.6 Å². The van der Waals surface area contributed by atoms with Crippen LogP contribution in [0.25, 0.3) is 11.1 Å². The molecule has 3 aromatic rings. The Balaban J connectivity index is 1.83. The van der Waals surface area contributed by atoms with Crippen LogP contribution in [0.15, 0.2) is 97.9 Å². The van der Waals surface area contributed by atoms with Gasteiger partial charge in [0.15, 0.2) is 0 Å². The van der Waals surface area contributed by atoms with Gasteiger partial charge >= 0.3 is 6.18 Å². The summed E-state index contributed by atoms with van der Waals surface area (Å²) in [6, 6.07) is 20.5. The van der Waals surface area contributed by atoms with Crippen molar-refractivity contribution in [2.75, 3.05) is 0 Å². The fraction of sp³-hybridized carbons (Fsp3) is 0.290. The molecule has 1 atom stereocenters. The molecule has 1 unspecified atom stereocenters. The largest absolute Gasteiger partial charge is 0.416 e. The first-order chi connectivity index (χ1) is 17.7. The topological polar surface area (TPSA) is 24.1 Å². The van der Waals surface area contributed by atoms with Crippen LogP contribution in [-0.4, -0.2) is 6.04 Å². The van der Waals surface area contributed by atoms with Gasteiger partial charge in [-0.05, 0) is 66.1 Å². The van der Waals surface area contributed by atoms with Gasteiger partial charge in [-0.25, -0.2) is 4.39 Å². The van der Waals surface area contributed by atoms with Crippen LogP contribution in [-0.2, 0) is 11.7 Å². The van der Waals surface area contributed by atoms with Gasteiger partial charge in [0.05, 0.1) is 16.9 Å². The third kappa shape index (κ3) is 6.24. The molecule has 0 radical (unpaired) electrons. The molecule has 0 saturated heterocycles. The van der Waals surface area contributed by atoms with Gasteiger partial charge in [0.25, 0.3) is 0 Å². The average molecular weight is 509 g/mol. The lowest BCUT2D eigenvalue weighted by atomic mass is 9.78. The molecule has 0 spiro atoms. The lowest BCUT2D eigenvalue weighted by molar-refractivity contribution is -0.137. The van der Waals surface area contributed by atoms with E-state index in [1.54, 1.807) is 6.08 Å². The van der Waals surface area contributed by atoms with E-state index in [1.807, 2.05) is 54.6 Å². The quantitative estimate of drug-likeness (QED) is 0.213. The second-order valence-corrected chi connectivity index (χ2v) is 9.63. The Morgan fingerprint density at radius 1 is 0.865 bits per heavy atom. The summed E-state index contributed by atoms with van der Waals surface area (Å²) in [6.07, 6.45) is 2.12. The second kappa shape index (κ2) is 11.2. The number of benzene rings is 3. The predicted octanol–water partition coefficient (Wildman–Crippen LogP) is 8.31. The maximum Gasteiger partial charge on any atom is 0.416 e. The monoisotopic (exact) mass is 508 g/mol. The Morgan fingerprint density at radius 3 is 2.11 bits per heavy atom. The molecule has 194 valence electrons. The van der Waals surface area contributed by atoms with Crippen LogP contribution in [0.3, 0.4) is 0 Å². The molecular weight excluding hydrogens is 476 g/mol. The molecule has 2 nitrogen and oxygen atoms in total. The average Bonchev–Trinajstić information content (AvgIpc) is 3.39. The normalized spacial score (nSPS) is 15.7. The predicted molar refractivity (Wildman–Crippen MR) is 141 cm³/mol. The van der Waals surface area contributed by atoms with Crippen LogP contribution in [0.5, 0.6) is 0 Å². The molecule has 6 heteroatoms. The minimum Gasteiger partial charge on any atom is -0.370 e. The highest BCUT2D eigenvalue weighted by Crippen LogP contribution is 2.40. The minimum atomic E-state index is -4.68. The molecule has 0 heterocycles. The van der Waals surface area contributed by atoms with Crippen molar-refractivity contribution in [3.05, 3.63) is 120 Å². The van der Waals surface area contributed by atoms with E-state index < -0.39 is 23.1 Å². The fourth-order valence-electron chi connectivity index (χ4n) is 5.17. The SMILES string of the molecule is C=CCCC(NC(=C)NC1CCCC1)(c1ccc(-c2ccccc2)cc1)c1cc(F)cc(C(F)(F)F)c1. The van der Waals surface area contributed by atoms with Crippen molar-refractivity contribution in [1.82, 2.24) is 10.6 Å². The van der Waals surface area contributed by atoms with Gasteiger partial charge in [-0.15, -0.1) is 6.58 Å². The summed E-state index contributed by atoms with van der Waals surface area (Å²) in [5.74, 6) is -0.439.